The number of carbonyl (C=O) groups excluding carboxylic acids is 2. The predicted molar refractivity (Wildman–Crippen MR) is 116 cm³/mol. The number of carbonyl (C=O) groups is 2. The van der Waals surface area contributed by atoms with E-state index in [1.165, 1.54) is 4.90 Å². The van der Waals surface area contributed by atoms with Gasteiger partial charge < -0.3 is 24.3 Å². The summed E-state index contributed by atoms with van der Waals surface area (Å²) in [5, 5.41) is 3.75. The van der Waals surface area contributed by atoms with Crippen LogP contribution in [0.1, 0.15) is 16.1 Å². The highest BCUT2D eigenvalue weighted by Gasteiger charge is 2.22. The maximum Gasteiger partial charge on any atom is 0.290 e. The zero-order valence-corrected chi connectivity index (χ0v) is 17.2. The molecule has 7 nitrogen and oxygen atoms in total. The van der Waals surface area contributed by atoms with Crippen molar-refractivity contribution in [3.63, 3.8) is 0 Å². The normalized spacial score (nSPS) is 14.0. The summed E-state index contributed by atoms with van der Waals surface area (Å²) in [4.78, 5) is 28.8. The lowest BCUT2D eigenvalue weighted by molar-refractivity contribution is -0.116. The van der Waals surface area contributed by atoms with Crippen molar-refractivity contribution in [2.24, 2.45) is 0 Å². The lowest BCUT2D eigenvalue weighted by Gasteiger charge is -2.28. The van der Waals surface area contributed by atoms with Crippen LogP contribution in [-0.2, 0) is 9.53 Å². The van der Waals surface area contributed by atoms with Crippen molar-refractivity contribution < 1.29 is 18.7 Å². The molecule has 1 aliphatic rings. The topological polar surface area (TPSA) is 75.0 Å². The second-order valence-corrected chi connectivity index (χ2v) is 7.41. The van der Waals surface area contributed by atoms with Crippen LogP contribution in [0.5, 0.6) is 0 Å². The van der Waals surface area contributed by atoms with E-state index in [9.17, 15) is 9.59 Å². The summed E-state index contributed by atoms with van der Waals surface area (Å²) in [6.07, 6.45) is 0. The quantitative estimate of drug-likeness (QED) is 0.703. The molecule has 7 heteroatoms. The van der Waals surface area contributed by atoms with Crippen LogP contribution in [0.3, 0.4) is 0 Å². The van der Waals surface area contributed by atoms with Gasteiger partial charge in [-0.3, -0.25) is 9.59 Å². The number of likely N-dealkylation sites (N-methyl/N-ethyl adjacent to an activating group) is 1. The second-order valence-electron chi connectivity index (χ2n) is 7.41. The molecule has 2 aromatic carbocycles. The number of para-hydroxylation sites is 1. The third-order valence-corrected chi connectivity index (χ3v) is 5.29. The van der Waals surface area contributed by atoms with E-state index in [1.807, 2.05) is 55.5 Å². The molecule has 0 spiro atoms. The zero-order valence-electron chi connectivity index (χ0n) is 17.2. The maximum absolute atomic E-state index is 12.8. The number of amides is 2. The van der Waals surface area contributed by atoms with E-state index in [2.05, 4.69) is 10.2 Å². The fourth-order valence-corrected chi connectivity index (χ4v) is 3.62. The first-order valence-electron chi connectivity index (χ1n) is 9.99. The van der Waals surface area contributed by atoms with Crippen LogP contribution in [0.25, 0.3) is 11.0 Å². The van der Waals surface area contributed by atoms with Crippen molar-refractivity contribution in [2.75, 3.05) is 50.1 Å². The lowest BCUT2D eigenvalue weighted by Crippen LogP contribution is -2.36. The molecule has 3 aromatic rings. The molecule has 1 fully saturated rings. The number of aryl methyl sites for hydroxylation is 1. The van der Waals surface area contributed by atoms with Crippen LogP contribution < -0.4 is 10.2 Å². The van der Waals surface area contributed by atoms with Crippen LogP contribution in [0.2, 0.25) is 0 Å². The Morgan fingerprint density at radius 2 is 1.77 bits per heavy atom. The number of nitrogens with zero attached hydrogens (tertiary/aromatic N) is 2. The van der Waals surface area contributed by atoms with E-state index in [0.717, 1.165) is 42.9 Å². The highest BCUT2D eigenvalue weighted by atomic mass is 16.5. The number of rotatable bonds is 5. The summed E-state index contributed by atoms with van der Waals surface area (Å²) in [6, 6.07) is 15.2. The summed E-state index contributed by atoms with van der Waals surface area (Å²) in [7, 11) is 1.59. The minimum atomic E-state index is -0.318. The number of furan rings is 1. The average molecular weight is 407 g/mol. The van der Waals surface area contributed by atoms with Crippen molar-refractivity contribution in [1.82, 2.24) is 4.90 Å². The molecule has 156 valence electrons. The largest absolute Gasteiger partial charge is 0.451 e. The number of anilines is 2. The standard InChI is InChI=1S/C23H25N3O4/c1-16-19-5-3-4-6-20(19)30-22(16)23(28)25(2)15-21(27)24-17-7-9-18(10-8-17)26-11-13-29-14-12-26/h3-10H,11-15H2,1-2H3,(H,24,27). The molecule has 0 unspecified atom stereocenters. The van der Waals surface area contributed by atoms with Crippen LogP contribution >= 0.6 is 0 Å². The zero-order chi connectivity index (χ0) is 21.1. The first kappa shape index (κ1) is 20.0. The van der Waals surface area contributed by atoms with Crippen LogP contribution in [-0.4, -0.2) is 56.6 Å². The van der Waals surface area contributed by atoms with E-state index in [4.69, 9.17) is 9.15 Å². The van der Waals surface area contributed by atoms with Gasteiger partial charge in [-0.2, -0.15) is 0 Å². The number of fused-ring (bicyclic) bond motifs is 1. The Morgan fingerprint density at radius 3 is 2.47 bits per heavy atom. The van der Waals surface area contributed by atoms with Gasteiger partial charge in [0.1, 0.15) is 5.58 Å². The van der Waals surface area contributed by atoms with E-state index in [0.29, 0.717) is 11.3 Å². The molecule has 0 aliphatic carbocycles. The van der Waals surface area contributed by atoms with Gasteiger partial charge in [0, 0.05) is 42.5 Å². The van der Waals surface area contributed by atoms with Gasteiger partial charge in [-0.1, -0.05) is 18.2 Å². The monoisotopic (exact) mass is 407 g/mol. The molecule has 1 saturated heterocycles. The van der Waals surface area contributed by atoms with E-state index in [-0.39, 0.29) is 24.1 Å². The molecule has 0 atom stereocenters. The second kappa shape index (κ2) is 8.59. The highest BCUT2D eigenvalue weighted by molar-refractivity contribution is 6.01. The minimum absolute atomic E-state index is 0.0689. The lowest BCUT2D eigenvalue weighted by atomic mass is 10.1. The Morgan fingerprint density at radius 1 is 1.07 bits per heavy atom. The van der Waals surface area contributed by atoms with Gasteiger partial charge in [0.15, 0.2) is 5.76 Å². The molecule has 1 aromatic heterocycles. The fourth-order valence-electron chi connectivity index (χ4n) is 3.62. The predicted octanol–water partition coefficient (Wildman–Crippen LogP) is 3.29. The summed E-state index contributed by atoms with van der Waals surface area (Å²) in [5.41, 5.74) is 3.24. The van der Waals surface area contributed by atoms with Crippen molar-refractivity contribution in [2.45, 2.75) is 6.92 Å². The van der Waals surface area contributed by atoms with Crippen molar-refractivity contribution in [3.05, 3.63) is 59.9 Å². The molecule has 2 amide bonds. The first-order chi connectivity index (χ1) is 14.5. The Balaban J connectivity index is 1.37. The van der Waals surface area contributed by atoms with Gasteiger partial charge >= 0.3 is 0 Å². The minimum Gasteiger partial charge on any atom is -0.451 e. The molecule has 1 N–H and O–H groups in total. The first-order valence-corrected chi connectivity index (χ1v) is 9.99. The molecule has 0 saturated carbocycles. The molecule has 0 radical (unpaired) electrons. The summed E-state index contributed by atoms with van der Waals surface area (Å²) in [6.45, 7) is 4.95. The number of hydrogen-bond donors (Lipinski definition) is 1. The molecule has 4 rings (SSSR count). The third-order valence-electron chi connectivity index (χ3n) is 5.29. The Bertz CT molecular complexity index is 1050. The van der Waals surface area contributed by atoms with Gasteiger partial charge in [0.2, 0.25) is 5.91 Å². The van der Waals surface area contributed by atoms with E-state index < -0.39 is 0 Å². The molecular weight excluding hydrogens is 382 g/mol. The smallest absolute Gasteiger partial charge is 0.290 e. The summed E-state index contributed by atoms with van der Waals surface area (Å²) in [5.74, 6) is -0.318. The SMILES string of the molecule is Cc1c(C(=O)N(C)CC(=O)Nc2ccc(N3CCOCC3)cc2)oc2ccccc12. The molecular formula is C23H25N3O4. The summed E-state index contributed by atoms with van der Waals surface area (Å²) < 4.78 is 11.1. The van der Waals surface area contributed by atoms with Crippen molar-refractivity contribution in [3.8, 4) is 0 Å². The van der Waals surface area contributed by atoms with Crippen molar-refractivity contribution >= 4 is 34.2 Å². The summed E-state index contributed by atoms with van der Waals surface area (Å²) >= 11 is 0. The molecule has 0 bridgehead atoms. The van der Waals surface area contributed by atoms with Gasteiger partial charge in [0.05, 0.1) is 19.8 Å². The maximum atomic E-state index is 12.8. The number of morpholine rings is 1. The van der Waals surface area contributed by atoms with Gasteiger partial charge in [-0.25, -0.2) is 0 Å². The number of nitrogens with one attached hydrogen (secondary N) is 1. The molecule has 1 aliphatic heterocycles. The average Bonchev–Trinajstić information content (AvgIpc) is 3.11. The third kappa shape index (κ3) is 4.16. The molecule has 2 heterocycles. The van der Waals surface area contributed by atoms with Gasteiger partial charge in [-0.05, 0) is 37.3 Å². The van der Waals surface area contributed by atoms with Crippen LogP contribution in [0.15, 0.2) is 52.9 Å². The Labute approximate surface area is 175 Å². The Kier molecular flexibility index (Phi) is 5.72. The number of ether oxygens (including phenoxy) is 1. The van der Waals surface area contributed by atoms with E-state index in [1.54, 1.807) is 7.05 Å². The van der Waals surface area contributed by atoms with E-state index >= 15 is 0 Å². The highest BCUT2D eigenvalue weighted by Crippen LogP contribution is 2.25. The van der Waals surface area contributed by atoms with Crippen molar-refractivity contribution in [1.29, 1.82) is 0 Å². The number of benzene rings is 2. The van der Waals surface area contributed by atoms with Crippen LogP contribution in [0.4, 0.5) is 11.4 Å². The van der Waals surface area contributed by atoms with Crippen LogP contribution in [0, 0.1) is 6.92 Å². The molecule has 30 heavy (non-hydrogen) atoms. The Hall–Kier alpha value is -3.32. The fraction of sp³-hybridized carbons (Fsp3) is 0.304. The van der Waals surface area contributed by atoms with Gasteiger partial charge in [-0.15, -0.1) is 0 Å². The van der Waals surface area contributed by atoms with Gasteiger partial charge in [0.25, 0.3) is 5.91 Å². The number of hydrogen-bond acceptors (Lipinski definition) is 5.